The van der Waals surface area contributed by atoms with E-state index in [1.807, 2.05) is 6.92 Å². The van der Waals surface area contributed by atoms with E-state index in [1.54, 1.807) is 10.9 Å². The number of hydrogen-bond donors (Lipinski definition) is 2. The molecule has 2 rings (SSSR count). The number of nitrogen functional groups attached to an aromatic ring is 1. The Balaban J connectivity index is 2.03. The molecular weight excluding hydrogens is 240 g/mol. The van der Waals surface area contributed by atoms with Crippen molar-refractivity contribution in [2.45, 2.75) is 52.6 Å². The highest BCUT2D eigenvalue weighted by Gasteiger charge is 2.33. The van der Waals surface area contributed by atoms with Crippen LogP contribution in [0.5, 0.6) is 0 Å². The zero-order valence-electron chi connectivity index (χ0n) is 12.0. The zero-order valence-corrected chi connectivity index (χ0v) is 12.0. The molecule has 1 aliphatic rings. The summed E-state index contributed by atoms with van der Waals surface area (Å²) in [4.78, 5) is 12.2. The number of aromatic nitrogens is 2. The monoisotopic (exact) mass is 264 g/mol. The number of rotatable bonds is 4. The minimum Gasteiger partial charge on any atom is -0.396 e. The van der Waals surface area contributed by atoms with Crippen LogP contribution in [-0.4, -0.2) is 21.7 Å². The van der Waals surface area contributed by atoms with Crippen LogP contribution in [0.15, 0.2) is 6.20 Å². The van der Waals surface area contributed by atoms with Crippen molar-refractivity contribution in [2.24, 2.45) is 11.8 Å². The second kappa shape index (κ2) is 5.63. The molecule has 0 aromatic carbocycles. The minimum atomic E-state index is -0.140. The molecule has 19 heavy (non-hydrogen) atoms. The second-order valence-electron chi connectivity index (χ2n) is 5.47. The quantitative estimate of drug-likeness (QED) is 0.874. The summed E-state index contributed by atoms with van der Waals surface area (Å²) in [7, 11) is 0. The van der Waals surface area contributed by atoms with E-state index in [4.69, 9.17) is 5.73 Å². The molecule has 1 aliphatic carbocycles. The van der Waals surface area contributed by atoms with E-state index in [-0.39, 0.29) is 11.9 Å². The van der Waals surface area contributed by atoms with E-state index in [2.05, 4.69) is 24.3 Å². The summed E-state index contributed by atoms with van der Waals surface area (Å²) >= 11 is 0. The molecule has 3 N–H and O–H groups in total. The Morgan fingerprint density at radius 2 is 2.26 bits per heavy atom. The van der Waals surface area contributed by atoms with Crippen molar-refractivity contribution in [2.75, 3.05) is 5.73 Å². The third-order valence-electron chi connectivity index (χ3n) is 4.40. The van der Waals surface area contributed by atoms with Crippen LogP contribution in [0.1, 0.15) is 50.5 Å². The zero-order chi connectivity index (χ0) is 14.0. The number of amides is 1. The molecule has 106 valence electrons. The highest BCUT2D eigenvalue weighted by atomic mass is 16.2. The highest BCUT2D eigenvalue weighted by Crippen LogP contribution is 2.34. The molecule has 1 aromatic rings. The van der Waals surface area contributed by atoms with Crippen molar-refractivity contribution in [1.29, 1.82) is 0 Å². The minimum absolute atomic E-state index is 0.140. The van der Waals surface area contributed by atoms with Crippen LogP contribution in [0.3, 0.4) is 0 Å². The lowest BCUT2D eigenvalue weighted by Gasteiger charge is -2.20. The number of nitrogens with two attached hydrogens (primary N) is 1. The van der Waals surface area contributed by atoms with Crippen molar-refractivity contribution in [3.8, 4) is 0 Å². The average Bonchev–Trinajstić information content (AvgIpc) is 2.94. The first-order chi connectivity index (χ1) is 9.06. The average molecular weight is 264 g/mol. The normalized spacial score (nSPS) is 26.6. The molecule has 1 heterocycles. The first kappa shape index (κ1) is 13.9. The Bertz CT molecular complexity index is 454. The van der Waals surface area contributed by atoms with Crippen molar-refractivity contribution in [1.82, 2.24) is 15.1 Å². The van der Waals surface area contributed by atoms with Gasteiger partial charge >= 0.3 is 0 Å². The van der Waals surface area contributed by atoms with Crippen LogP contribution in [0.4, 0.5) is 5.69 Å². The van der Waals surface area contributed by atoms with Gasteiger partial charge in [0.1, 0.15) is 0 Å². The van der Waals surface area contributed by atoms with Crippen molar-refractivity contribution in [3.63, 3.8) is 0 Å². The molecule has 3 unspecified atom stereocenters. The maximum atomic E-state index is 12.2. The Labute approximate surface area is 114 Å². The number of carbonyl (C=O) groups excluding carboxylic acids is 1. The van der Waals surface area contributed by atoms with Gasteiger partial charge in [-0.05, 0) is 31.6 Å². The van der Waals surface area contributed by atoms with E-state index < -0.39 is 0 Å². The van der Waals surface area contributed by atoms with Crippen molar-refractivity contribution >= 4 is 11.6 Å². The largest absolute Gasteiger partial charge is 0.396 e. The van der Waals surface area contributed by atoms with Crippen LogP contribution in [-0.2, 0) is 6.54 Å². The topological polar surface area (TPSA) is 72.9 Å². The Kier molecular flexibility index (Phi) is 4.12. The molecule has 0 saturated heterocycles. The molecule has 0 aliphatic heterocycles. The molecule has 5 heteroatoms. The fourth-order valence-electron chi connectivity index (χ4n) is 3.04. The predicted octanol–water partition coefficient (Wildman–Crippen LogP) is 2.04. The van der Waals surface area contributed by atoms with E-state index >= 15 is 0 Å². The van der Waals surface area contributed by atoms with Crippen LogP contribution < -0.4 is 11.1 Å². The van der Waals surface area contributed by atoms with E-state index in [9.17, 15) is 4.79 Å². The summed E-state index contributed by atoms with van der Waals surface area (Å²) in [6.07, 6.45) is 5.14. The molecule has 1 amide bonds. The molecule has 1 aromatic heterocycles. The highest BCUT2D eigenvalue weighted by molar-refractivity contribution is 5.97. The fraction of sp³-hybridized carbons (Fsp3) is 0.714. The molecule has 0 bridgehead atoms. The number of nitrogens with zero attached hydrogens (tertiary/aromatic N) is 2. The van der Waals surface area contributed by atoms with Gasteiger partial charge in [0, 0.05) is 18.8 Å². The number of nitrogens with one attached hydrogen (secondary N) is 1. The maximum Gasteiger partial charge on any atom is 0.274 e. The predicted molar refractivity (Wildman–Crippen MR) is 75.7 cm³/mol. The number of anilines is 1. The molecule has 5 nitrogen and oxygen atoms in total. The van der Waals surface area contributed by atoms with Gasteiger partial charge in [-0.25, -0.2) is 0 Å². The third-order valence-corrected chi connectivity index (χ3v) is 4.40. The van der Waals surface area contributed by atoms with Crippen LogP contribution >= 0.6 is 0 Å². The van der Waals surface area contributed by atoms with Crippen LogP contribution in [0.25, 0.3) is 0 Å². The first-order valence-corrected chi connectivity index (χ1v) is 7.20. The molecule has 0 radical (unpaired) electrons. The summed E-state index contributed by atoms with van der Waals surface area (Å²) in [5.74, 6) is 1.11. The summed E-state index contributed by atoms with van der Waals surface area (Å²) in [6.45, 7) is 7.13. The van der Waals surface area contributed by atoms with Crippen molar-refractivity contribution < 1.29 is 4.79 Å². The number of aryl methyl sites for hydroxylation is 1. The Hall–Kier alpha value is -1.52. The lowest BCUT2D eigenvalue weighted by Crippen LogP contribution is -2.38. The molecule has 3 atom stereocenters. The number of carbonyl (C=O) groups is 1. The van der Waals surface area contributed by atoms with Crippen LogP contribution in [0.2, 0.25) is 0 Å². The van der Waals surface area contributed by atoms with E-state index in [0.29, 0.717) is 17.3 Å². The van der Waals surface area contributed by atoms with Gasteiger partial charge in [-0.3, -0.25) is 9.48 Å². The molecule has 1 fully saturated rings. The Morgan fingerprint density at radius 3 is 2.79 bits per heavy atom. The van der Waals surface area contributed by atoms with Gasteiger partial charge in [0.25, 0.3) is 5.91 Å². The lowest BCUT2D eigenvalue weighted by atomic mass is 9.93. The summed E-state index contributed by atoms with van der Waals surface area (Å²) in [5.41, 5.74) is 6.65. The van der Waals surface area contributed by atoms with Crippen LogP contribution in [0, 0.1) is 11.8 Å². The molecule has 0 spiro atoms. The Morgan fingerprint density at radius 1 is 1.53 bits per heavy atom. The SMILES string of the molecule is CCC1CCC(NC(=O)c2nn(CC)cc2N)C1C. The molecule has 1 saturated carbocycles. The lowest BCUT2D eigenvalue weighted by molar-refractivity contribution is 0.0921. The van der Waals surface area contributed by atoms with Gasteiger partial charge in [0.2, 0.25) is 0 Å². The van der Waals surface area contributed by atoms with Gasteiger partial charge in [-0.1, -0.05) is 20.3 Å². The standard InChI is InChI=1S/C14H24N4O/c1-4-10-6-7-12(9(10)3)16-14(19)13-11(15)8-18(5-2)17-13/h8-10,12H,4-7,15H2,1-3H3,(H,16,19). The maximum absolute atomic E-state index is 12.2. The smallest absolute Gasteiger partial charge is 0.274 e. The summed E-state index contributed by atoms with van der Waals surface area (Å²) < 4.78 is 1.69. The summed E-state index contributed by atoms with van der Waals surface area (Å²) in [5, 5.41) is 7.31. The number of hydrogen-bond acceptors (Lipinski definition) is 3. The van der Waals surface area contributed by atoms with Gasteiger partial charge in [0.05, 0.1) is 5.69 Å². The second-order valence-corrected chi connectivity index (χ2v) is 5.47. The molecular formula is C14H24N4O. The van der Waals surface area contributed by atoms with E-state index in [0.717, 1.165) is 18.9 Å². The van der Waals surface area contributed by atoms with E-state index in [1.165, 1.54) is 12.8 Å². The fourth-order valence-corrected chi connectivity index (χ4v) is 3.04. The first-order valence-electron chi connectivity index (χ1n) is 7.20. The van der Waals surface area contributed by atoms with Gasteiger partial charge < -0.3 is 11.1 Å². The van der Waals surface area contributed by atoms with Gasteiger partial charge in [-0.2, -0.15) is 5.10 Å². The summed E-state index contributed by atoms with van der Waals surface area (Å²) in [6, 6.07) is 0.253. The van der Waals surface area contributed by atoms with Gasteiger partial charge in [0.15, 0.2) is 5.69 Å². The van der Waals surface area contributed by atoms with Crippen molar-refractivity contribution in [3.05, 3.63) is 11.9 Å². The van der Waals surface area contributed by atoms with Gasteiger partial charge in [-0.15, -0.1) is 0 Å². The third kappa shape index (κ3) is 2.74.